The van der Waals surface area contributed by atoms with Crippen LogP contribution >= 0.6 is 0 Å². The van der Waals surface area contributed by atoms with Crippen molar-refractivity contribution in [2.75, 3.05) is 6.61 Å². The fourth-order valence-corrected chi connectivity index (χ4v) is 10.0. The molecular formula is C38H49NO4Si. The van der Waals surface area contributed by atoms with E-state index in [1.807, 2.05) is 83.2 Å². The summed E-state index contributed by atoms with van der Waals surface area (Å²) in [5, 5.41) is 5.16. The van der Waals surface area contributed by atoms with Crippen molar-refractivity contribution in [3.05, 3.63) is 120 Å². The molecule has 0 saturated heterocycles. The molecule has 3 aromatic carbocycles. The Balaban J connectivity index is 1.83. The van der Waals surface area contributed by atoms with E-state index in [4.69, 9.17) is 9.16 Å². The molecule has 6 heteroatoms. The monoisotopic (exact) mass is 611 g/mol. The third-order valence-corrected chi connectivity index (χ3v) is 13.4. The van der Waals surface area contributed by atoms with Crippen molar-refractivity contribution in [3.8, 4) is 0 Å². The molecule has 1 amide bonds. The molecule has 0 radical (unpaired) electrons. The quantitative estimate of drug-likeness (QED) is 0.0984. The Labute approximate surface area is 265 Å². The van der Waals surface area contributed by atoms with Crippen molar-refractivity contribution in [2.45, 2.75) is 78.5 Å². The minimum Gasteiger partial charge on any atom is -0.461 e. The average Bonchev–Trinajstić information content (AvgIpc) is 3.03. The van der Waals surface area contributed by atoms with E-state index >= 15 is 0 Å². The van der Waals surface area contributed by atoms with E-state index in [2.05, 4.69) is 74.6 Å². The summed E-state index contributed by atoms with van der Waals surface area (Å²) in [6.07, 6.45) is 4.67. The fourth-order valence-electron chi connectivity index (χ4n) is 5.37. The number of hydrogen-bond acceptors (Lipinski definition) is 4. The molecule has 0 heterocycles. The number of carbonyl (C=O) groups is 2. The van der Waals surface area contributed by atoms with Crippen molar-refractivity contribution in [3.63, 3.8) is 0 Å². The van der Waals surface area contributed by atoms with E-state index in [-0.39, 0.29) is 22.8 Å². The average molecular weight is 612 g/mol. The second-order valence-corrected chi connectivity index (χ2v) is 17.0. The summed E-state index contributed by atoms with van der Waals surface area (Å²) in [5.74, 6) is -1.19. The van der Waals surface area contributed by atoms with Gasteiger partial charge in [-0.15, -0.1) is 0 Å². The van der Waals surface area contributed by atoms with Crippen LogP contribution < -0.4 is 15.7 Å². The minimum atomic E-state index is -2.73. The molecule has 3 aromatic rings. The largest absolute Gasteiger partial charge is 0.461 e. The van der Waals surface area contributed by atoms with Crippen LogP contribution in [0.1, 0.15) is 66.9 Å². The van der Waals surface area contributed by atoms with E-state index in [9.17, 15) is 9.59 Å². The van der Waals surface area contributed by atoms with Gasteiger partial charge in [-0.1, -0.05) is 143 Å². The van der Waals surface area contributed by atoms with Crippen LogP contribution in [0.5, 0.6) is 0 Å². The molecule has 0 spiro atoms. The molecule has 0 unspecified atom stereocenters. The second-order valence-electron chi connectivity index (χ2n) is 12.6. The zero-order valence-corrected chi connectivity index (χ0v) is 28.5. The zero-order chi connectivity index (χ0) is 32.3. The lowest BCUT2D eigenvalue weighted by molar-refractivity contribution is -0.155. The molecule has 4 atom stereocenters. The van der Waals surface area contributed by atoms with Crippen molar-refractivity contribution in [1.82, 2.24) is 5.32 Å². The van der Waals surface area contributed by atoms with Gasteiger partial charge in [0.15, 0.2) is 0 Å². The summed E-state index contributed by atoms with van der Waals surface area (Å²) in [7, 11) is -2.73. The first kappa shape index (κ1) is 34.7. The molecule has 0 aliphatic carbocycles. The summed E-state index contributed by atoms with van der Waals surface area (Å²) >= 11 is 0. The Bertz CT molecular complexity index is 1360. The van der Waals surface area contributed by atoms with Gasteiger partial charge in [0.1, 0.15) is 12.1 Å². The van der Waals surface area contributed by atoms with Crippen LogP contribution in [0.25, 0.3) is 0 Å². The number of rotatable bonds is 13. The third-order valence-electron chi connectivity index (χ3n) is 8.41. The Morgan fingerprint density at radius 1 is 0.818 bits per heavy atom. The molecular weight excluding hydrogens is 563 g/mol. The van der Waals surface area contributed by atoms with Gasteiger partial charge < -0.3 is 14.5 Å². The predicted molar refractivity (Wildman–Crippen MR) is 184 cm³/mol. The summed E-state index contributed by atoms with van der Waals surface area (Å²) < 4.78 is 13.2. The Morgan fingerprint density at radius 3 is 1.80 bits per heavy atom. The first-order chi connectivity index (χ1) is 20.9. The highest BCUT2D eigenvalue weighted by Gasteiger charge is 2.50. The number of allylic oxidation sites excluding steroid dienone is 3. The van der Waals surface area contributed by atoms with Gasteiger partial charge in [0.25, 0.3) is 8.32 Å². The third kappa shape index (κ3) is 8.67. The van der Waals surface area contributed by atoms with Gasteiger partial charge in [0.05, 0.1) is 0 Å². The van der Waals surface area contributed by atoms with E-state index in [0.717, 1.165) is 11.1 Å². The molecule has 234 valence electrons. The Morgan fingerprint density at radius 2 is 1.32 bits per heavy atom. The van der Waals surface area contributed by atoms with Crippen molar-refractivity contribution in [1.29, 1.82) is 0 Å². The van der Waals surface area contributed by atoms with Crippen LogP contribution in [-0.2, 0) is 18.8 Å². The van der Waals surface area contributed by atoms with Crippen LogP contribution in [-0.4, -0.2) is 38.9 Å². The van der Waals surface area contributed by atoms with Crippen molar-refractivity contribution >= 4 is 30.6 Å². The van der Waals surface area contributed by atoms with E-state index in [1.165, 1.54) is 16.4 Å². The molecule has 1 N–H and O–H groups in total. The van der Waals surface area contributed by atoms with Crippen molar-refractivity contribution in [2.24, 2.45) is 5.92 Å². The van der Waals surface area contributed by atoms with Crippen LogP contribution in [0.2, 0.25) is 5.04 Å². The minimum absolute atomic E-state index is 0.0961. The Kier molecular flexibility index (Phi) is 12.5. The number of carbonyl (C=O) groups excluding carboxylic acids is 2. The van der Waals surface area contributed by atoms with E-state index in [1.54, 1.807) is 6.08 Å². The van der Waals surface area contributed by atoms with Crippen molar-refractivity contribution < 1.29 is 18.8 Å². The van der Waals surface area contributed by atoms with Gasteiger partial charge in [-0.2, -0.15) is 0 Å². The maximum Gasteiger partial charge on any atom is 0.329 e. The molecule has 0 bridgehead atoms. The molecule has 3 rings (SSSR count). The molecule has 0 saturated carbocycles. The van der Waals surface area contributed by atoms with E-state index in [0.29, 0.717) is 6.61 Å². The maximum absolute atomic E-state index is 13.7. The number of esters is 1. The standard InChI is InChI=1S/C38H49NO4Si/c1-9-28(2)25-26-35(40)39-36(30(4)32-19-13-10-14-20-32)37(41)43-31(5)29(3)27-42-44(38(6,7)8,33-21-15-11-16-22-33)34-23-17-12-18-24-34/h9-26,29-31,36H,27H2,1-8H3,(H,39,40)/b26-25+,28-9+/t29-,30+,31+,36-/m0/s1. The van der Waals surface area contributed by atoms with Crippen LogP contribution in [0.15, 0.2) is 115 Å². The van der Waals surface area contributed by atoms with Gasteiger partial charge in [-0.3, -0.25) is 4.79 Å². The van der Waals surface area contributed by atoms with Gasteiger partial charge in [0.2, 0.25) is 5.91 Å². The SMILES string of the molecule is C/C=C(C)/C=C/C(=O)N[C@H](C(=O)O[C@H](C)[C@@H](C)CO[Si](c1ccccc1)(c1ccccc1)C(C)(C)C)[C@H](C)c1ccccc1. The zero-order valence-electron chi connectivity index (χ0n) is 27.5. The normalized spacial score (nSPS) is 15.3. The number of amides is 1. The highest BCUT2D eigenvalue weighted by molar-refractivity contribution is 6.99. The van der Waals surface area contributed by atoms with Gasteiger partial charge in [0, 0.05) is 24.5 Å². The number of benzene rings is 3. The van der Waals surface area contributed by atoms with Crippen LogP contribution in [0.3, 0.4) is 0 Å². The smallest absolute Gasteiger partial charge is 0.329 e. The fraction of sp³-hybridized carbons (Fsp3) is 0.368. The van der Waals surface area contributed by atoms with Gasteiger partial charge >= 0.3 is 5.97 Å². The van der Waals surface area contributed by atoms with Gasteiger partial charge in [-0.05, 0) is 41.7 Å². The first-order valence-corrected chi connectivity index (χ1v) is 17.4. The lowest BCUT2D eigenvalue weighted by atomic mass is 9.93. The highest BCUT2D eigenvalue weighted by Crippen LogP contribution is 2.37. The summed E-state index contributed by atoms with van der Waals surface area (Å²) in [6, 6.07) is 29.9. The molecule has 5 nitrogen and oxygen atoms in total. The molecule has 0 aliphatic rings. The van der Waals surface area contributed by atoms with Gasteiger partial charge in [-0.25, -0.2) is 4.79 Å². The number of hydrogen-bond donors (Lipinski definition) is 1. The molecule has 0 aliphatic heterocycles. The molecule has 0 fully saturated rings. The summed E-state index contributed by atoms with van der Waals surface area (Å²) in [4.78, 5) is 26.6. The topological polar surface area (TPSA) is 64.6 Å². The molecule has 0 aromatic heterocycles. The lowest BCUT2D eigenvalue weighted by Crippen LogP contribution is -2.67. The highest BCUT2D eigenvalue weighted by atomic mass is 28.4. The van der Waals surface area contributed by atoms with Crippen LogP contribution in [0, 0.1) is 5.92 Å². The number of ether oxygens (including phenoxy) is 1. The predicted octanol–water partition coefficient (Wildman–Crippen LogP) is 6.94. The summed E-state index contributed by atoms with van der Waals surface area (Å²) in [6.45, 7) is 16.9. The van der Waals surface area contributed by atoms with Crippen LogP contribution in [0.4, 0.5) is 0 Å². The maximum atomic E-state index is 13.7. The first-order valence-electron chi connectivity index (χ1n) is 15.5. The second kappa shape index (κ2) is 15.8. The Hall–Kier alpha value is -3.74. The number of nitrogens with one attached hydrogen (secondary N) is 1. The summed E-state index contributed by atoms with van der Waals surface area (Å²) in [5.41, 5.74) is 1.90. The van der Waals surface area contributed by atoms with E-state index < -0.39 is 26.4 Å². The molecule has 44 heavy (non-hydrogen) atoms. The lowest BCUT2D eigenvalue weighted by Gasteiger charge is -2.43.